The van der Waals surface area contributed by atoms with Crippen molar-refractivity contribution in [3.05, 3.63) is 51.7 Å². The summed E-state index contributed by atoms with van der Waals surface area (Å²) >= 11 is 1.43. The number of halogens is 2. The Kier molecular flexibility index (Phi) is 5.29. The molecule has 1 aliphatic carbocycles. The number of H-pyrrole nitrogens is 1. The summed E-state index contributed by atoms with van der Waals surface area (Å²) in [6, 6.07) is 3.64. The predicted octanol–water partition coefficient (Wildman–Crippen LogP) is 3.32. The Labute approximate surface area is 186 Å². The number of amides is 1. The Morgan fingerprint density at radius 1 is 1.34 bits per heavy atom. The van der Waals surface area contributed by atoms with Gasteiger partial charge >= 0.3 is 0 Å². The first kappa shape index (κ1) is 21.1. The SMILES string of the molecule is C[C@@H](C(=O)Nc1nc2cc3c(cc2s1)CCC3)N1CCC(F)(F)[C@@H](c2c[nH]c(=O)cn2)C1. The molecule has 0 radical (unpaired) electrons. The maximum Gasteiger partial charge on any atom is 0.266 e. The number of alkyl halides is 2. The number of anilines is 1. The summed E-state index contributed by atoms with van der Waals surface area (Å²) in [5.41, 5.74) is 3.22. The van der Waals surface area contributed by atoms with Gasteiger partial charge in [-0.3, -0.25) is 19.5 Å². The molecule has 0 bridgehead atoms. The van der Waals surface area contributed by atoms with E-state index in [0.717, 1.165) is 35.7 Å². The molecule has 2 N–H and O–H groups in total. The van der Waals surface area contributed by atoms with Gasteiger partial charge in [0.1, 0.15) is 0 Å². The molecule has 5 rings (SSSR count). The highest BCUT2D eigenvalue weighted by Crippen LogP contribution is 2.40. The van der Waals surface area contributed by atoms with E-state index in [0.29, 0.717) is 5.13 Å². The van der Waals surface area contributed by atoms with Crippen LogP contribution in [-0.4, -0.2) is 50.8 Å². The number of aromatic nitrogens is 3. The number of aromatic amines is 1. The summed E-state index contributed by atoms with van der Waals surface area (Å²) in [7, 11) is 0. The van der Waals surface area contributed by atoms with E-state index in [2.05, 4.69) is 32.4 Å². The molecule has 10 heteroatoms. The van der Waals surface area contributed by atoms with Crippen LogP contribution in [-0.2, 0) is 17.6 Å². The molecule has 2 atom stereocenters. The van der Waals surface area contributed by atoms with Gasteiger partial charge in [-0.1, -0.05) is 11.3 Å². The van der Waals surface area contributed by atoms with E-state index >= 15 is 0 Å². The minimum absolute atomic E-state index is 0.0345. The number of piperidine rings is 1. The zero-order chi connectivity index (χ0) is 22.5. The fourth-order valence-corrected chi connectivity index (χ4v) is 5.47. The zero-order valence-electron chi connectivity index (χ0n) is 17.5. The number of benzene rings is 1. The van der Waals surface area contributed by atoms with Crippen molar-refractivity contribution in [3.8, 4) is 0 Å². The lowest BCUT2D eigenvalue weighted by atomic mass is 9.90. The summed E-state index contributed by atoms with van der Waals surface area (Å²) in [4.78, 5) is 36.7. The summed E-state index contributed by atoms with van der Waals surface area (Å²) in [6.07, 6.45) is 5.15. The van der Waals surface area contributed by atoms with Gasteiger partial charge in [0.15, 0.2) is 5.13 Å². The highest BCUT2D eigenvalue weighted by atomic mass is 32.1. The molecule has 168 valence electrons. The number of hydrogen-bond acceptors (Lipinski definition) is 6. The molecule has 0 spiro atoms. The van der Waals surface area contributed by atoms with Crippen LogP contribution in [0.3, 0.4) is 0 Å². The number of rotatable bonds is 4. The van der Waals surface area contributed by atoms with Gasteiger partial charge in [0.25, 0.3) is 11.5 Å². The average molecular weight is 460 g/mol. The largest absolute Gasteiger partial charge is 0.326 e. The van der Waals surface area contributed by atoms with E-state index < -0.39 is 23.4 Å². The van der Waals surface area contributed by atoms with E-state index in [1.54, 1.807) is 11.8 Å². The zero-order valence-corrected chi connectivity index (χ0v) is 18.3. The molecule has 32 heavy (non-hydrogen) atoms. The van der Waals surface area contributed by atoms with Gasteiger partial charge in [-0.15, -0.1) is 0 Å². The molecule has 1 fully saturated rings. The van der Waals surface area contributed by atoms with Crippen molar-refractivity contribution in [3.63, 3.8) is 0 Å². The molecule has 2 aliphatic rings. The van der Waals surface area contributed by atoms with Gasteiger partial charge in [-0.25, -0.2) is 13.8 Å². The first-order valence-corrected chi connectivity index (χ1v) is 11.5. The second-order valence-corrected chi connectivity index (χ2v) is 9.55. The Morgan fingerprint density at radius 2 is 2.12 bits per heavy atom. The van der Waals surface area contributed by atoms with Gasteiger partial charge in [-0.2, -0.15) is 0 Å². The molecule has 0 saturated carbocycles. The van der Waals surface area contributed by atoms with Crippen LogP contribution in [0.15, 0.2) is 29.3 Å². The van der Waals surface area contributed by atoms with Crippen LogP contribution < -0.4 is 10.9 Å². The molecule has 3 aromatic rings. The van der Waals surface area contributed by atoms with E-state index in [1.165, 1.54) is 28.7 Å². The molecule has 0 unspecified atom stereocenters. The van der Waals surface area contributed by atoms with Crippen molar-refractivity contribution >= 4 is 32.6 Å². The van der Waals surface area contributed by atoms with Crippen LogP contribution in [0, 0.1) is 0 Å². The van der Waals surface area contributed by atoms with E-state index in [9.17, 15) is 18.4 Å². The number of thiazole rings is 1. The van der Waals surface area contributed by atoms with Gasteiger partial charge in [0.2, 0.25) is 5.91 Å². The van der Waals surface area contributed by atoms with Crippen molar-refractivity contribution < 1.29 is 13.6 Å². The van der Waals surface area contributed by atoms with Crippen LogP contribution in [0.2, 0.25) is 0 Å². The topological polar surface area (TPSA) is 91.0 Å². The van der Waals surface area contributed by atoms with Crippen LogP contribution in [0.1, 0.15) is 42.5 Å². The lowest BCUT2D eigenvalue weighted by Crippen LogP contribution is -2.52. The molecule has 1 amide bonds. The van der Waals surface area contributed by atoms with E-state index in [1.807, 2.05) is 0 Å². The molecular weight excluding hydrogens is 436 g/mol. The maximum absolute atomic E-state index is 14.6. The van der Waals surface area contributed by atoms with Crippen molar-refractivity contribution in [1.29, 1.82) is 0 Å². The lowest BCUT2D eigenvalue weighted by molar-refractivity contribution is -0.125. The number of carbonyl (C=O) groups excluding carboxylic acids is 1. The highest BCUT2D eigenvalue weighted by Gasteiger charge is 2.47. The minimum Gasteiger partial charge on any atom is -0.326 e. The smallest absolute Gasteiger partial charge is 0.266 e. The van der Waals surface area contributed by atoms with Crippen LogP contribution >= 0.6 is 11.3 Å². The first-order valence-electron chi connectivity index (χ1n) is 10.7. The number of nitrogens with one attached hydrogen (secondary N) is 2. The Balaban J connectivity index is 1.30. The second kappa shape index (κ2) is 8.00. The van der Waals surface area contributed by atoms with Gasteiger partial charge in [-0.05, 0) is 49.4 Å². The van der Waals surface area contributed by atoms with Crippen LogP contribution in [0.5, 0.6) is 0 Å². The molecule has 7 nitrogen and oxygen atoms in total. The highest BCUT2D eigenvalue weighted by molar-refractivity contribution is 7.22. The third-order valence-electron chi connectivity index (χ3n) is 6.47. The van der Waals surface area contributed by atoms with Crippen molar-refractivity contribution in [2.75, 3.05) is 18.4 Å². The number of likely N-dealkylation sites (tertiary alicyclic amines) is 1. The van der Waals surface area contributed by atoms with Gasteiger partial charge in [0, 0.05) is 25.7 Å². The van der Waals surface area contributed by atoms with Crippen LogP contribution in [0.25, 0.3) is 10.2 Å². The Morgan fingerprint density at radius 3 is 2.88 bits per heavy atom. The summed E-state index contributed by atoms with van der Waals surface area (Å²) < 4.78 is 30.2. The summed E-state index contributed by atoms with van der Waals surface area (Å²) in [5.74, 6) is -4.45. The summed E-state index contributed by atoms with van der Waals surface area (Å²) in [6.45, 7) is 1.76. The van der Waals surface area contributed by atoms with E-state index in [4.69, 9.17) is 0 Å². The van der Waals surface area contributed by atoms with Gasteiger partial charge in [0.05, 0.1) is 34.1 Å². The third kappa shape index (κ3) is 3.93. The molecular formula is C22H23F2N5O2S. The van der Waals surface area contributed by atoms with Crippen molar-refractivity contribution in [2.45, 2.75) is 50.5 Å². The molecule has 1 saturated heterocycles. The standard InChI is InChI=1S/C22H23F2N5O2S/c1-12(29-6-5-22(23,24)15(11-29)17-9-26-19(30)10-25-17)20(31)28-21-27-16-7-13-3-2-4-14(13)8-18(16)32-21/h7-10,12,15H,2-6,11H2,1H3,(H,26,30)(H,27,28,31)/t12-,15+/m0/s1. The first-order chi connectivity index (χ1) is 15.3. The predicted molar refractivity (Wildman–Crippen MR) is 118 cm³/mol. The lowest BCUT2D eigenvalue weighted by Gasteiger charge is -2.40. The van der Waals surface area contributed by atoms with Crippen molar-refractivity contribution in [2.24, 2.45) is 0 Å². The molecule has 1 aromatic carbocycles. The molecule has 1 aliphatic heterocycles. The maximum atomic E-state index is 14.6. The average Bonchev–Trinajstić information content (AvgIpc) is 3.37. The van der Waals surface area contributed by atoms with Crippen LogP contribution in [0.4, 0.5) is 13.9 Å². The molecule has 2 aromatic heterocycles. The fourth-order valence-electron chi connectivity index (χ4n) is 4.55. The normalized spacial score (nSPS) is 21.4. The van der Waals surface area contributed by atoms with E-state index in [-0.39, 0.29) is 31.1 Å². The summed E-state index contributed by atoms with van der Waals surface area (Å²) in [5, 5.41) is 3.38. The number of hydrogen-bond donors (Lipinski definition) is 2. The molecule has 3 heterocycles. The fraction of sp³-hybridized carbons (Fsp3) is 0.455. The van der Waals surface area contributed by atoms with Gasteiger partial charge < -0.3 is 10.3 Å². The second-order valence-electron chi connectivity index (χ2n) is 8.52. The third-order valence-corrected chi connectivity index (χ3v) is 7.40. The number of fused-ring (bicyclic) bond motifs is 2. The number of aryl methyl sites for hydroxylation is 2. The number of nitrogens with zero attached hydrogens (tertiary/aromatic N) is 3. The number of carbonyl (C=O) groups is 1. The Bertz CT molecular complexity index is 1180. The monoisotopic (exact) mass is 459 g/mol. The minimum atomic E-state index is -2.97. The Hall–Kier alpha value is -2.72. The van der Waals surface area contributed by atoms with Crippen molar-refractivity contribution in [1.82, 2.24) is 19.9 Å². The quantitative estimate of drug-likeness (QED) is 0.625.